The first kappa shape index (κ1) is 33.6. The first-order valence-corrected chi connectivity index (χ1v) is 15.5. The molecular weight excluding hydrogens is 564 g/mol. The van der Waals surface area contributed by atoms with Crippen LogP contribution in [0.1, 0.15) is 33.6 Å². The zero-order chi connectivity index (χ0) is 31.7. The van der Waals surface area contributed by atoms with Crippen LogP contribution < -0.4 is 9.80 Å². The third-order valence-electron chi connectivity index (χ3n) is 7.68. The molecule has 0 atom stereocenters. The molecule has 0 aliphatic heterocycles. The highest BCUT2D eigenvalue weighted by atomic mass is 16.5. The van der Waals surface area contributed by atoms with Gasteiger partial charge in [0.2, 0.25) is 0 Å². The van der Waals surface area contributed by atoms with Crippen LogP contribution in [0.15, 0.2) is 97.1 Å². The van der Waals surface area contributed by atoms with Gasteiger partial charge in [-0.3, -0.25) is 9.59 Å². The second-order valence-electron chi connectivity index (χ2n) is 11.0. The summed E-state index contributed by atoms with van der Waals surface area (Å²) in [6.07, 6.45) is 3.59. The summed E-state index contributed by atoms with van der Waals surface area (Å²) in [6.45, 7) is 5.47. The Labute approximate surface area is 267 Å². The summed E-state index contributed by atoms with van der Waals surface area (Å²) in [5.74, 6) is 0. The molecule has 0 saturated heterocycles. The zero-order valence-corrected chi connectivity index (χ0v) is 26.4. The molecule has 7 heteroatoms. The van der Waals surface area contributed by atoms with Gasteiger partial charge < -0.3 is 24.0 Å². The molecule has 0 radical (unpaired) electrons. The van der Waals surface area contributed by atoms with E-state index in [0.717, 1.165) is 72.1 Å². The minimum absolute atomic E-state index is 0.564. The van der Waals surface area contributed by atoms with Crippen molar-refractivity contribution in [3.05, 3.63) is 108 Å². The van der Waals surface area contributed by atoms with Crippen LogP contribution in [-0.4, -0.2) is 79.4 Å². The minimum atomic E-state index is 0.564. The van der Waals surface area contributed by atoms with Crippen molar-refractivity contribution >= 4 is 23.9 Å². The summed E-state index contributed by atoms with van der Waals surface area (Å²) < 4.78 is 17.1. The lowest BCUT2D eigenvalue weighted by molar-refractivity contribution is 0.0142. The van der Waals surface area contributed by atoms with Gasteiger partial charge >= 0.3 is 0 Å². The van der Waals surface area contributed by atoms with E-state index in [1.54, 1.807) is 0 Å². The molecule has 236 valence electrons. The van der Waals surface area contributed by atoms with Gasteiger partial charge in [-0.05, 0) is 59.4 Å². The maximum atomic E-state index is 10.9. The monoisotopic (exact) mass is 608 g/mol. The molecule has 0 unspecified atom stereocenters. The van der Waals surface area contributed by atoms with Gasteiger partial charge in [0.1, 0.15) is 12.6 Å². The van der Waals surface area contributed by atoms with Gasteiger partial charge in [-0.15, -0.1) is 0 Å². The second kappa shape index (κ2) is 18.5. The van der Waals surface area contributed by atoms with Crippen LogP contribution in [0, 0.1) is 0 Å². The van der Waals surface area contributed by atoms with E-state index in [-0.39, 0.29) is 0 Å². The van der Waals surface area contributed by atoms with Crippen molar-refractivity contribution in [2.45, 2.75) is 12.8 Å². The smallest absolute Gasteiger partial charge is 0.150 e. The molecule has 0 N–H and O–H groups in total. The molecular formula is C38H44N2O5. The van der Waals surface area contributed by atoms with Gasteiger partial charge in [0.05, 0.1) is 26.4 Å². The number of ether oxygens (including phenoxy) is 3. The van der Waals surface area contributed by atoms with Crippen molar-refractivity contribution in [3.63, 3.8) is 0 Å². The van der Waals surface area contributed by atoms with Gasteiger partial charge in [0.25, 0.3) is 0 Å². The number of carbonyl (C=O) groups excluding carboxylic acids is 2. The average molecular weight is 609 g/mol. The summed E-state index contributed by atoms with van der Waals surface area (Å²) in [5.41, 5.74) is 8.14. The molecule has 0 aromatic heterocycles. The molecule has 0 bridgehead atoms. The van der Waals surface area contributed by atoms with Crippen LogP contribution in [0.5, 0.6) is 0 Å². The maximum absolute atomic E-state index is 10.9. The highest BCUT2D eigenvalue weighted by molar-refractivity contribution is 5.78. The SMILES string of the molecule is CN(CCCOCCOCCOCCCN(C)c1ccc(-c2ccc(C=O)cc2)cc1)c1ccc(-c2ccc(C=O)cc2)cc1. The number of rotatable bonds is 20. The fourth-order valence-electron chi connectivity index (χ4n) is 4.93. The topological polar surface area (TPSA) is 68.3 Å². The molecule has 0 fully saturated rings. The predicted molar refractivity (Wildman–Crippen MR) is 183 cm³/mol. The Morgan fingerprint density at radius 3 is 1.04 bits per heavy atom. The molecule has 0 amide bonds. The third-order valence-corrected chi connectivity index (χ3v) is 7.68. The Hall–Kier alpha value is -4.30. The third kappa shape index (κ3) is 11.0. The Morgan fingerprint density at radius 1 is 0.444 bits per heavy atom. The van der Waals surface area contributed by atoms with Crippen molar-refractivity contribution in [2.75, 3.05) is 76.6 Å². The number of hydrogen-bond acceptors (Lipinski definition) is 7. The van der Waals surface area contributed by atoms with E-state index in [4.69, 9.17) is 14.2 Å². The van der Waals surface area contributed by atoms with E-state index in [2.05, 4.69) is 72.4 Å². The van der Waals surface area contributed by atoms with Gasteiger partial charge in [-0.2, -0.15) is 0 Å². The lowest BCUT2D eigenvalue weighted by atomic mass is 10.0. The molecule has 0 aliphatic rings. The molecule has 0 saturated carbocycles. The van der Waals surface area contributed by atoms with Gasteiger partial charge in [-0.25, -0.2) is 0 Å². The number of carbonyl (C=O) groups is 2. The van der Waals surface area contributed by atoms with E-state index in [1.165, 1.54) is 0 Å². The van der Waals surface area contributed by atoms with Crippen molar-refractivity contribution < 1.29 is 23.8 Å². The van der Waals surface area contributed by atoms with Crippen molar-refractivity contribution in [1.29, 1.82) is 0 Å². The Morgan fingerprint density at radius 2 is 0.733 bits per heavy atom. The number of aldehydes is 2. The summed E-state index contributed by atoms with van der Waals surface area (Å²) in [5, 5.41) is 0. The first-order valence-electron chi connectivity index (χ1n) is 15.5. The summed E-state index contributed by atoms with van der Waals surface area (Å²) >= 11 is 0. The molecule has 0 heterocycles. The van der Waals surface area contributed by atoms with E-state index in [0.29, 0.717) is 50.8 Å². The Bertz CT molecular complexity index is 1310. The second-order valence-corrected chi connectivity index (χ2v) is 11.0. The molecule has 0 spiro atoms. The Balaban J connectivity index is 0.976. The average Bonchev–Trinajstić information content (AvgIpc) is 3.10. The van der Waals surface area contributed by atoms with Crippen LogP contribution in [0.4, 0.5) is 11.4 Å². The van der Waals surface area contributed by atoms with E-state index < -0.39 is 0 Å². The highest BCUT2D eigenvalue weighted by Crippen LogP contribution is 2.24. The van der Waals surface area contributed by atoms with Crippen molar-refractivity contribution in [1.82, 2.24) is 0 Å². The van der Waals surface area contributed by atoms with Crippen LogP contribution in [0.3, 0.4) is 0 Å². The minimum Gasteiger partial charge on any atom is -0.379 e. The van der Waals surface area contributed by atoms with E-state index in [1.807, 2.05) is 48.5 Å². The highest BCUT2D eigenvalue weighted by Gasteiger charge is 2.05. The number of anilines is 2. The maximum Gasteiger partial charge on any atom is 0.150 e. The number of hydrogen-bond donors (Lipinski definition) is 0. The fraction of sp³-hybridized carbons (Fsp3) is 0.316. The lowest BCUT2D eigenvalue weighted by Gasteiger charge is -2.20. The molecule has 4 aromatic rings. The normalized spacial score (nSPS) is 10.9. The van der Waals surface area contributed by atoms with Crippen LogP contribution >= 0.6 is 0 Å². The first-order chi connectivity index (χ1) is 22.1. The van der Waals surface area contributed by atoms with E-state index in [9.17, 15) is 9.59 Å². The van der Waals surface area contributed by atoms with Gasteiger partial charge in [0.15, 0.2) is 0 Å². The summed E-state index contributed by atoms with van der Waals surface area (Å²) in [7, 11) is 4.18. The zero-order valence-electron chi connectivity index (χ0n) is 26.4. The summed E-state index contributed by atoms with van der Waals surface area (Å²) in [6, 6.07) is 32.2. The molecule has 0 aliphatic carbocycles. The number of nitrogens with zero attached hydrogens (tertiary/aromatic N) is 2. The van der Waals surface area contributed by atoms with E-state index >= 15 is 0 Å². The Kier molecular flexibility index (Phi) is 13.8. The van der Waals surface area contributed by atoms with Crippen LogP contribution in [0.25, 0.3) is 22.3 Å². The van der Waals surface area contributed by atoms with Gasteiger partial charge in [0, 0.05) is 62.9 Å². The van der Waals surface area contributed by atoms with Crippen LogP contribution in [0.2, 0.25) is 0 Å². The standard InChI is InChI=1S/C38H44N2O5/c1-39(37-17-13-35(14-18-37)33-9-5-31(29-41)6-10-33)21-3-23-43-25-27-45-28-26-44-24-4-22-40(2)38-19-15-36(16-20-38)34-11-7-32(30-42)8-12-34/h5-20,29-30H,3-4,21-28H2,1-2H3. The molecule has 4 aromatic carbocycles. The predicted octanol–water partition coefficient (Wildman–Crippen LogP) is 7.05. The fourth-order valence-corrected chi connectivity index (χ4v) is 4.93. The molecule has 4 rings (SSSR count). The largest absolute Gasteiger partial charge is 0.379 e. The molecule has 45 heavy (non-hydrogen) atoms. The quantitative estimate of drug-likeness (QED) is 0.0787. The summed E-state index contributed by atoms with van der Waals surface area (Å²) in [4.78, 5) is 26.2. The lowest BCUT2D eigenvalue weighted by Crippen LogP contribution is -2.20. The number of benzene rings is 4. The van der Waals surface area contributed by atoms with Crippen molar-refractivity contribution in [3.8, 4) is 22.3 Å². The molecule has 7 nitrogen and oxygen atoms in total. The van der Waals surface area contributed by atoms with Gasteiger partial charge in [-0.1, -0.05) is 72.8 Å². The van der Waals surface area contributed by atoms with Crippen molar-refractivity contribution in [2.24, 2.45) is 0 Å². The van der Waals surface area contributed by atoms with Crippen LogP contribution in [-0.2, 0) is 14.2 Å².